The van der Waals surface area contributed by atoms with Crippen LogP contribution in [0.15, 0.2) is 48.7 Å². The van der Waals surface area contributed by atoms with Gasteiger partial charge in [-0.15, -0.1) is 0 Å². The van der Waals surface area contributed by atoms with Gasteiger partial charge in [-0.25, -0.2) is 13.2 Å². The minimum Gasteiger partial charge on any atom is -0.385 e. The van der Waals surface area contributed by atoms with Gasteiger partial charge in [-0.2, -0.15) is 0 Å². The summed E-state index contributed by atoms with van der Waals surface area (Å²) in [5.41, 5.74) is 1.66. The number of pyridine rings is 1. The van der Waals surface area contributed by atoms with Crippen LogP contribution in [-0.4, -0.2) is 18.7 Å². The molecule has 0 saturated carbocycles. The van der Waals surface area contributed by atoms with Gasteiger partial charge in [-0.3, -0.25) is 4.98 Å². The first kappa shape index (κ1) is 20.9. The van der Waals surface area contributed by atoms with E-state index in [4.69, 9.17) is 16.3 Å². The molecule has 1 heterocycles. The van der Waals surface area contributed by atoms with Crippen LogP contribution in [0.4, 0.5) is 13.2 Å². The smallest absolute Gasteiger partial charge is 0.143 e. The SMILES string of the molecule is COCCCc1ccc(-c2cc(F)c(C#Cc3ccc(Cl)c(F)c3)c(F)c2)nc1. The van der Waals surface area contributed by atoms with Gasteiger partial charge in [0.25, 0.3) is 0 Å². The number of hydrogen-bond donors (Lipinski definition) is 0. The van der Waals surface area contributed by atoms with E-state index in [0.29, 0.717) is 17.9 Å². The molecule has 2 aromatic carbocycles. The Morgan fingerprint density at radius 2 is 1.72 bits per heavy atom. The van der Waals surface area contributed by atoms with Gasteiger partial charge in [-0.1, -0.05) is 29.5 Å². The number of aromatic nitrogens is 1. The molecule has 29 heavy (non-hydrogen) atoms. The summed E-state index contributed by atoms with van der Waals surface area (Å²) in [6.45, 7) is 0.656. The van der Waals surface area contributed by atoms with E-state index in [1.807, 2.05) is 6.07 Å². The van der Waals surface area contributed by atoms with Crippen molar-refractivity contribution in [3.63, 3.8) is 0 Å². The molecule has 0 saturated heterocycles. The molecule has 6 heteroatoms. The highest BCUT2D eigenvalue weighted by atomic mass is 35.5. The maximum absolute atomic E-state index is 14.4. The van der Waals surface area contributed by atoms with Gasteiger partial charge in [0.2, 0.25) is 0 Å². The monoisotopic (exact) mass is 415 g/mol. The van der Waals surface area contributed by atoms with Crippen LogP contribution in [0.2, 0.25) is 5.02 Å². The molecule has 0 spiro atoms. The molecule has 0 aliphatic heterocycles. The highest BCUT2D eigenvalue weighted by Crippen LogP contribution is 2.23. The predicted octanol–water partition coefficient (Wildman–Crippen LogP) is 5.80. The first-order chi connectivity index (χ1) is 14.0. The second-order valence-corrected chi connectivity index (χ2v) is 6.75. The Kier molecular flexibility index (Phi) is 6.92. The molecule has 3 aromatic rings. The first-order valence-electron chi connectivity index (χ1n) is 8.88. The number of halogens is 4. The zero-order valence-electron chi connectivity index (χ0n) is 15.6. The largest absolute Gasteiger partial charge is 0.385 e. The standard InChI is InChI=1S/C23H17ClF3NO/c1-29-10-2-3-16-6-9-23(28-14-16)17-12-20(25)18(21(26)13-17)7-4-15-5-8-19(24)22(27)11-15/h5-6,8-9,11-14H,2-3,10H2,1H3. The number of benzene rings is 2. The molecule has 0 amide bonds. The van der Waals surface area contributed by atoms with Crippen molar-refractivity contribution < 1.29 is 17.9 Å². The summed E-state index contributed by atoms with van der Waals surface area (Å²) >= 11 is 5.61. The van der Waals surface area contributed by atoms with Crippen molar-refractivity contribution in [2.75, 3.05) is 13.7 Å². The summed E-state index contributed by atoms with van der Waals surface area (Å²) < 4.78 is 47.4. The van der Waals surface area contributed by atoms with Crippen LogP contribution in [0.3, 0.4) is 0 Å². The van der Waals surface area contributed by atoms with Gasteiger partial charge in [0.15, 0.2) is 0 Å². The van der Waals surface area contributed by atoms with Crippen molar-refractivity contribution in [2.45, 2.75) is 12.8 Å². The summed E-state index contributed by atoms with van der Waals surface area (Å²) in [6.07, 6.45) is 3.36. The molecule has 0 aliphatic carbocycles. The molecular formula is C23H17ClF3NO. The summed E-state index contributed by atoms with van der Waals surface area (Å²) in [5, 5.41) is -0.0468. The van der Waals surface area contributed by atoms with E-state index in [-0.39, 0.29) is 16.1 Å². The van der Waals surface area contributed by atoms with E-state index >= 15 is 0 Å². The number of nitrogens with zero attached hydrogens (tertiary/aromatic N) is 1. The van der Waals surface area contributed by atoms with Crippen molar-refractivity contribution >= 4 is 11.6 Å². The number of hydrogen-bond acceptors (Lipinski definition) is 2. The lowest BCUT2D eigenvalue weighted by Gasteiger charge is -2.06. The lowest BCUT2D eigenvalue weighted by Crippen LogP contribution is -1.96. The van der Waals surface area contributed by atoms with Crippen LogP contribution >= 0.6 is 11.6 Å². The van der Waals surface area contributed by atoms with E-state index in [1.165, 1.54) is 24.3 Å². The third kappa shape index (κ3) is 5.38. The topological polar surface area (TPSA) is 22.1 Å². The van der Waals surface area contributed by atoms with Crippen LogP contribution in [0, 0.1) is 29.3 Å². The Morgan fingerprint density at radius 3 is 2.34 bits per heavy atom. The molecule has 0 atom stereocenters. The lowest BCUT2D eigenvalue weighted by molar-refractivity contribution is 0.195. The third-order valence-electron chi connectivity index (χ3n) is 4.23. The van der Waals surface area contributed by atoms with Crippen LogP contribution in [-0.2, 0) is 11.2 Å². The van der Waals surface area contributed by atoms with E-state index in [0.717, 1.165) is 24.5 Å². The lowest BCUT2D eigenvalue weighted by atomic mass is 10.1. The molecule has 3 rings (SSSR count). The maximum atomic E-state index is 14.4. The number of ether oxygens (including phenoxy) is 1. The normalized spacial score (nSPS) is 10.5. The molecule has 1 aromatic heterocycles. The Balaban J connectivity index is 1.82. The molecule has 0 aliphatic rings. The fourth-order valence-electron chi connectivity index (χ4n) is 2.71. The predicted molar refractivity (Wildman–Crippen MR) is 107 cm³/mol. The third-order valence-corrected chi connectivity index (χ3v) is 4.53. The minimum absolute atomic E-state index is 0.0468. The Labute approximate surface area is 172 Å². The highest BCUT2D eigenvalue weighted by molar-refractivity contribution is 6.30. The molecule has 0 fully saturated rings. The summed E-state index contributed by atoms with van der Waals surface area (Å²) in [5.74, 6) is 2.69. The summed E-state index contributed by atoms with van der Waals surface area (Å²) in [7, 11) is 1.65. The van der Waals surface area contributed by atoms with Gasteiger partial charge in [0, 0.05) is 31.0 Å². The quantitative estimate of drug-likeness (QED) is 0.388. The van der Waals surface area contributed by atoms with Crippen molar-refractivity contribution in [2.24, 2.45) is 0 Å². The minimum atomic E-state index is -0.812. The fraction of sp³-hybridized carbons (Fsp3) is 0.174. The Hall–Kier alpha value is -2.81. The van der Waals surface area contributed by atoms with Crippen LogP contribution in [0.25, 0.3) is 11.3 Å². The van der Waals surface area contributed by atoms with E-state index in [2.05, 4.69) is 16.8 Å². The van der Waals surface area contributed by atoms with E-state index in [1.54, 1.807) is 19.4 Å². The van der Waals surface area contributed by atoms with Gasteiger partial charge < -0.3 is 4.74 Å². The molecular weight excluding hydrogens is 399 g/mol. The van der Waals surface area contributed by atoms with Crippen molar-refractivity contribution in [3.05, 3.63) is 87.8 Å². The molecule has 0 N–H and O–H groups in total. The average molecular weight is 416 g/mol. The number of rotatable bonds is 5. The van der Waals surface area contributed by atoms with Crippen molar-refractivity contribution in [1.82, 2.24) is 4.98 Å². The van der Waals surface area contributed by atoms with E-state index < -0.39 is 17.5 Å². The second kappa shape index (κ2) is 9.60. The highest BCUT2D eigenvalue weighted by Gasteiger charge is 2.11. The molecule has 2 nitrogen and oxygen atoms in total. The van der Waals surface area contributed by atoms with Gasteiger partial charge >= 0.3 is 0 Å². The van der Waals surface area contributed by atoms with Crippen molar-refractivity contribution in [1.29, 1.82) is 0 Å². The second-order valence-electron chi connectivity index (χ2n) is 6.34. The number of aryl methyl sites for hydroxylation is 1. The Bertz CT molecular complexity index is 1050. The molecule has 0 radical (unpaired) electrons. The zero-order valence-corrected chi connectivity index (χ0v) is 16.4. The van der Waals surface area contributed by atoms with Gasteiger partial charge in [0.1, 0.15) is 17.5 Å². The van der Waals surface area contributed by atoms with Crippen molar-refractivity contribution in [3.8, 4) is 23.1 Å². The van der Waals surface area contributed by atoms with Crippen LogP contribution < -0.4 is 0 Å². The van der Waals surface area contributed by atoms with Crippen LogP contribution in [0.1, 0.15) is 23.1 Å². The first-order valence-corrected chi connectivity index (χ1v) is 9.26. The van der Waals surface area contributed by atoms with Crippen LogP contribution in [0.5, 0.6) is 0 Å². The molecule has 0 unspecified atom stereocenters. The Morgan fingerprint density at radius 1 is 0.966 bits per heavy atom. The average Bonchev–Trinajstić information content (AvgIpc) is 2.70. The maximum Gasteiger partial charge on any atom is 0.143 e. The summed E-state index contributed by atoms with van der Waals surface area (Å²) in [4.78, 5) is 4.29. The van der Waals surface area contributed by atoms with Gasteiger partial charge in [-0.05, 0) is 54.8 Å². The molecule has 148 valence electrons. The summed E-state index contributed by atoms with van der Waals surface area (Å²) in [6, 6.07) is 9.87. The molecule has 0 bridgehead atoms. The van der Waals surface area contributed by atoms with Gasteiger partial charge in [0.05, 0.1) is 16.3 Å². The zero-order chi connectivity index (χ0) is 20.8. The number of methoxy groups -OCH3 is 1. The fourth-order valence-corrected chi connectivity index (χ4v) is 2.83. The van der Waals surface area contributed by atoms with E-state index in [9.17, 15) is 13.2 Å².